The fourth-order valence-electron chi connectivity index (χ4n) is 3.04. The maximum atomic E-state index is 13.7. The van der Waals surface area contributed by atoms with Gasteiger partial charge in [0, 0.05) is 6.07 Å². The summed E-state index contributed by atoms with van der Waals surface area (Å²) in [5, 5.41) is 2.51. The summed E-state index contributed by atoms with van der Waals surface area (Å²) in [7, 11) is 4.57. The summed E-state index contributed by atoms with van der Waals surface area (Å²) >= 11 is 0. The van der Waals surface area contributed by atoms with E-state index in [2.05, 4.69) is 15.3 Å². The van der Waals surface area contributed by atoms with Gasteiger partial charge in [0.2, 0.25) is 0 Å². The molecule has 3 aromatic rings. The van der Waals surface area contributed by atoms with Crippen LogP contribution in [0.15, 0.2) is 29.1 Å². The molecule has 0 spiro atoms. The molecule has 0 radical (unpaired) electrons. The third kappa shape index (κ3) is 4.77. The van der Waals surface area contributed by atoms with Crippen molar-refractivity contribution in [2.24, 2.45) is 0 Å². The van der Waals surface area contributed by atoms with Crippen LogP contribution in [0.3, 0.4) is 0 Å². The number of likely N-dealkylation sites (N-methyl/N-ethyl adjacent to an activating group) is 1. The first kappa shape index (κ1) is 22.1. The van der Waals surface area contributed by atoms with E-state index in [1.54, 1.807) is 13.1 Å². The van der Waals surface area contributed by atoms with Crippen molar-refractivity contribution in [1.29, 1.82) is 0 Å². The van der Waals surface area contributed by atoms with Gasteiger partial charge in [-0.3, -0.25) is 9.59 Å². The number of benzene rings is 2. The molecule has 31 heavy (non-hydrogen) atoms. The predicted octanol–water partition coefficient (Wildman–Crippen LogP) is 1.01. The lowest BCUT2D eigenvalue weighted by Gasteiger charge is -2.14. The average molecular weight is 437 g/mol. The van der Waals surface area contributed by atoms with Crippen molar-refractivity contribution >= 4 is 22.5 Å². The number of hydrogen-bond acceptors (Lipinski definition) is 5. The number of nitrogens with zero attached hydrogens (tertiary/aromatic N) is 1. The van der Waals surface area contributed by atoms with E-state index in [-0.39, 0.29) is 18.6 Å². The number of nitrogens with one attached hydrogen (secondary N) is 3. The first-order chi connectivity index (χ1) is 14.7. The molecule has 0 aliphatic rings. The van der Waals surface area contributed by atoms with Crippen LogP contribution in [-0.4, -0.2) is 43.7 Å². The number of carbonyl (C=O) groups excluding carboxylic acids is 1. The molecule has 0 bridgehead atoms. The van der Waals surface area contributed by atoms with E-state index < -0.39 is 29.0 Å². The largest absolute Gasteiger partial charge is 0.493 e. The quantitative estimate of drug-likeness (QED) is 0.480. The van der Waals surface area contributed by atoms with Gasteiger partial charge in [-0.25, -0.2) is 18.2 Å². The molecular formula is C20H20F3N4O4+. The number of fused-ring (bicyclic) bond motifs is 1. The molecule has 1 atom stereocenters. The number of halogens is 3. The van der Waals surface area contributed by atoms with Crippen LogP contribution in [0.4, 0.5) is 18.9 Å². The van der Waals surface area contributed by atoms with Crippen molar-refractivity contribution in [3.63, 3.8) is 0 Å². The summed E-state index contributed by atoms with van der Waals surface area (Å²) in [5.74, 6) is -4.00. The van der Waals surface area contributed by atoms with Gasteiger partial charge in [0.15, 0.2) is 41.3 Å². The highest BCUT2D eigenvalue weighted by Crippen LogP contribution is 2.29. The summed E-state index contributed by atoms with van der Waals surface area (Å²) in [6.07, 6.45) is 0. The number of carbonyl (C=O) groups is 1. The number of aromatic amines is 1. The minimum Gasteiger partial charge on any atom is -0.493 e. The first-order valence-electron chi connectivity index (χ1n) is 9.13. The maximum Gasteiger partial charge on any atom is 0.279 e. The molecule has 1 unspecified atom stereocenters. The first-order valence-corrected chi connectivity index (χ1v) is 9.13. The second-order valence-corrected chi connectivity index (χ2v) is 6.82. The van der Waals surface area contributed by atoms with Crippen LogP contribution in [0.5, 0.6) is 11.5 Å². The average Bonchev–Trinajstić information content (AvgIpc) is 2.73. The van der Waals surface area contributed by atoms with Crippen LogP contribution < -0.4 is 25.2 Å². The minimum atomic E-state index is -1.66. The van der Waals surface area contributed by atoms with Crippen LogP contribution in [0.2, 0.25) is 0 Å². The zero-order valence-corrected chi connectivity index (χ0v) is 16.9. The van der Waals surface area contributed by atoms with E-state index >= 15 is 0 Å². The Hall–Kier alpha value is -3.60. The second kappa shape index (κ2) is 9.04. The van der Waals surface area contributed by atoms with Gasteiger partial charge in [0.05, 0.1) is 37.9 Å². The number of rotatable bonds is 7. The molecule has 1 heterocycles. The summed E-state index contributed by atoms with van der Waals surface area (Å²) in [6.45, 7) is 0.0132. The normalized spacial score (nSPS) is 11.9. The van der Waals surface area contributed by atoms with Crippen LogP contribution >= 0.6 is 0 Å². The lowest BCUT2D eigenvalue weighted by atomic mass is 10.2. The molecule has 2 aromatic carbocycles. The lowest BCUT2D eigenvalue weighted by molar-refractivity contribution is -0.885. The molecule has 11 heteroatoms. The number of hydrogen-bond donors (Lipinski definition) is 3. The van der Waals surface area contributed by atoms with Crippen LogP contribution in [0.1, 0.15) is 5.82 Å². The van der Waals surface area contributed by atoms with E-state index in [0.29, 0.717) is 33.1 Å². The van der Waals surface area contributed by atoms with E-state index in [1.165, 1.54) is 20.3 Å². The van der Waals surface area contributed by atoms with Crippen LogP contribution in [0, 0.1) is 17.5 Å². The Bertz CT molecular complexity index is 1200. The zero-order chi connectivity index (χ0) is 22.7. The van der Waals surface area contributed by atoms with Gasteiger partial charge in [0.1, 0.15) is 6.54 Å². The van der Waals surface area contributed by atoms with E-state index in [9.17, 15) is 22.8 Å². The molecule has 8 nitrogen and oxygen atoms in total. The second-order valence-electron chi connectivity index (χ2n) is 6.82. The standard InChI is InChI=1S/C20H19F3N4O4/c1-27(9-17(28)25-12-5-4-11(21)18(22)19(12)23)8-16-24-13-7-15(31-3)14(30-2)6-10(13)20(29)26-16/h4-7H,8-9H2,1-3H3,(H,25,28)(H,24,26,29)/p+1. The van der Waals surface area contributed by atoms with Gasteiger partial charge in [-0.2, -0.15) is 0 Å². The Kier molecular flexibility index (Phi) is 6.44. The number of H-pyrrole nitrogens is 1. The molecule has 0 saturated heterocycles. The van der Waals surface area contributed by atoms with E-state index in [4.69, 9.17) is 9.47 Å². The molecule has 0 aliphatic heterocycles. The molecule has 0 fully saturated rings. The van der Waals surface area contributed by atoms with Gasteiger partial charge in [-0.15, -0.1) is 0 Å². The molecule has 3 N–H and O–H groups in total. The maximum absolute atomic E-state index is 13.7. The van der Waals surface area contributed by atoms with Gasteiger partial charge in [-0.1, -0.05) is 0 Å². The Balaban J connectivity index is 1.74. The predicted molar refractivity (Wildman–Crippen MR) is 106 cm³/mol. The summed E-state index contributed by atoms with van der Waals surface area (Å²) in [4.78, 5) is 32.2. The van der Waals surface area contributed by atoms with Crippen molar-refractivity contribution in [2.45, 2.75) is 6.54 Å². The molecule has 1 aromatic heterocycles. The number of anilines is 1. The highest BCUT2D eigenvalue weighted by molar-refractivity contribution is 5.91. The van der Waals surface area contributed by atoms with E-state index in [1.807, 2.05) is 0 Å². The Morgan fingerprint density at radius 1 is 1.13 bits per heavy atom. The number of ether oxygens (including phenoxy) is 2. The van der Waals surface area contributed by atoms with Crippen LogP contribution in [-0.2, 0) is 11.3 Å². The minimum absolute atomic E-state index is 0.147. The Morgan fingerprint density at radius 3 is 2.48 bits per heavy atom. The van der Waals surface area contributed by atoms with Gasteiger partial charge in [-0.05, 0) is 18.2 Å². The van der Waals surface area contributed by atoms with Crippen molar-refractivity contribution in [3.8, 4) is 11.5 Å². The molecular weight excluding hydrogens is 417 g/mol. The number of quaternary nitrogens is 1. The fraction of sp³-hybridized carbons (Fsp3) is 0.250. The van der Waals surface area contributed by atoms with Crippen LogP contribution in [0.25, 0.3) is 10.9 Å². The molecule has 1 amide bonds. The summed E-state index contributed by atoms with van der Waals surface area (Å²) in [5.41, 5.74) is -0.463. The third-order valence-corrected chi connectivity index (χ3v) is 4.50. The fourth-order valence-corrected chi connectivity index (χ4v) is 3.04. The van der Waals surface area contributed by atoms with E-state index in [0.717, 1.165) is 12.1 Å². The molecule has 0 saturated carbocycles. The smallest absolute Gasteiger partial charge is 0.279 e. The molecule has 3 rings (SSSR count). The third-order valence-electron chi connectivity index (χ3n) is 4.50. The number of methoxy groups -OCH3 is 2. The highest BCUT2D eigenvalue weighted by atomic mass is 19.2. The zero-order valence-electron chi connectivity index (χ0n) is 16.9. The van der Waals surface area contributed by atoms with Crippen molar-refractivity contribution < 1.29 is 32.3 Å². The number of amides is 1. The van der Waals surface area contributed by atoms with Gasteiger partial charge >= 0.3 is 0 Å². The Morgan fingerprint density at radius 2 is 1.81 bits per heavy atom. The van der Waals surface area contributed by atoms with Gasteiger partial charge < -0.3 is 24.7 Å². The monoisotopic (exact) mass is 437 g/mol. The topological polar surface area (TPSA) is 97.8 Å². The molecule has 164 valence electrons. The van der Waals surface area contributed by atoms with Crippen molar-refractivity contribution in [1.82, 2.24) is 9.97 Å². The van der Waals surface area contributed by atoms with Crippen molar-refractivity contribution in [2.75, 3.05) is 33.1 Å². The summed E-state index contributed by atoms with van der Waals surface area (Å²) in [6, 6.07) is 4.74. The van der Waals surface area contributed by atoms with Gasteiger partial charge in [0.25, 0.3) is 11.5 Å². The lowest BCUT2D eigenvalue weighted by Crippen LogP contribution is -3.08. The van der Waals surface area contributed by atoms with Crippen molar-refractivity contribution in [3.05, 3.63) is 57.9 Å². The summed E-state index contributed by atoms with van der Waals surface area (Å²) < 4.78 is 50.4. The SMILES string of the molecule is COc1cc2nc(C[NH+](C)CC(=O)Nc3ccc(F)c(F)c3F)[nH]c(=O)c2cc1OC. The Labute approximate surface area is 174 Å². The number of aromatic nitrogens is 2. The highest BCUT2D eigenvalue weighted by Gasteiger charge is 2.18. The molecule has 0 aliphatic carbocycles.